The number of anilines is 1. The van der Waals surface area contributed by atoms with Crippen molar-refractivity contribution in [3.63, 3.8) is 0 Å². The first kappa shape index (κ1) is 19.9. The Labute approximate surface area is 159 Å². The lowest BCUT2D eigenvalue weighted by molar-refractivity contribution is -0.280. The Morgan fingerprint density at radius 3 is 2.32 bits per heavy atom. The van der Waals surface area contributed by atoms with Crippen molar-refractivity contribution < 1.29 is 32.6 Å². The van der Waals surface area contributed by atoms with Gasteiger partial charge in [-0.25, -0.2) is 4.79 Å². The van der Waals surface area contributed by atoms with Gasteiger partial charge in [-0.15, -0.1) is 0 Å². The summed E-state index contributed by atoms with van der Waals surface area (Å²) >= 11 is 0. The van der Waals surface area contributed by atoms with Crippen molar-refractivity contribution >= 4 is 17.6 Å². The molecule has 0 fully saturated rings. The van der Waals surface area contributed by atoms with Gasteiger partial charge >= 0.3 is 12.1 Å². The summed E-state index contributed by atoms with van der Waals surface area (Å²) in [6.07, 6.45) is -6.02. The van der Waals surface area contributed by atoms with E-state index in [2.05, 4.69) is 10.1 Å². The fourth-order valence-corrected chi connectivity index (χ4v) is 3.65. The second-order valence-corrected chi connectivity index (χ2v) is 6.50. The van der Waals surface area contributed by atoms with E-state index in [1.165, 1.54) is 43.3 Å². The minimum Gasteiger partial charge on any atom is -0.464 e. The first-order valence-electron chi connectivity index (χ1n) is 8.59. The third-order valence-corrected chi connectivity index (χ3v) is 4.93. The SMILES string of the molecule is CCOC(=O)[C@](O)(C(F)(F)F)[C@@]1(Cc2ccccc2)C(=O)Nc2ccccc21. The minimum atomic E-state index is -5.47. The molecule has 2 N–H and O–H groups in total. The van der Waals surface area contributed by atoms with Crippen LogP contribution in [0.5, 0.6) is 0 Å². The van der Waals surface area contributed by atoms with E-state index < -0.39 is 35.5 Å². The molecule has 0 spiro atoms. The highest BCUT2D eigenvalue weighted by atomic mass is 19.4. The molecule has 3 rings (SSSR count). The maximum atomic E-state index is 14.2. The molecule has 2 aromatic rings. The molecule has 5 nitrogen and oxygen atoms in total. The van der Waals surface area contributed by atoms with E-state index >= 15 is 0 Å². The molecule has 1 heterocycles. The molecule has 28 heavy (non-hydrogen) atoms. The van der Waals surface area contributed by atoms with Crippen LogP contribution in [-0.4, -0.2) is 35.4 Å². The number of amides is 1. The quantitative estimate of drug-likeness (QED) is 0.766. The maximum absolute atomic E-state index is 14.2. The second kappa shape index (κ2) is 6.94. The number of benzene rings is 2. The molecular formula is C20H18F3NO4. The van der Waals surface area contributed by atoms with Crippen molar-refractivity contribution in [2.24, 2.45) is 0 Å². The highest BCUT2D eigenvalue weighted by Crippen LogP contribution is 2.53. The molecule has 1 aliphatic heterocycles. The van der Waals surface area contributed by atoms with Crippen molar-refractivity contribution in [3.05, 3.63) is 65.7 Å². The predicted octanol–water partition coefficient (Wildman–Crippen LogP) is 2.98. The normalized spacial score (nSPS) is 20.8. The zero-order valence-electron chi connectivity index (χ0n) is 14.9. The molecule has 8 heteroatoms. The van der Waals surface area contributed by atoms with Crippen LogP contribution in [0.15, 0.2) is 54.6 Å². The van der Waals surface area contributed by atoms with Crippen LogP contribution in [0, 0.1) is 0 Å². The molecule has 0 unspecified atom stereocenters. The number of aliphatic hydroxyl groups is 1. The van der Waals surface area contributed by atoms with Gasteiger partial charge in [0.15, 0.2) is 0 Å². The number of halogens is 3. The molecule has 2 atom stereocenters. The van der Waals surface area contributed by atoms with Crippen LogP contribution in [0.1, 0.15) is 18.1 Å². The van der Waals surface area contributed by atoms with Crippen LogP contribution in [-0.2, 0) is 26.2 Å². The molecule has 1 amide bonds. The minimum absolute atomic E-state index is 0.107. The predicted molar refractivity (Wildman–Crippen MR) is 94.5 cm³/mol. The van der Waals surface area contributed by atoms with E-state index in [0.717, 1.165) is 0 Å². The van der Waals surface area contributed by atoms with E-state index in [4.69, 9.17) is 0 Å². The number of carbonyl (C=O) groups is 2. The van der Waals surface area contributed by atoms with Gasteiger partial charge < -0.3 is 15.2 Å². The van der Waals surface area contributed by atoms with Gasteiger partial charge in [-0.2, -0.15) is 13.2 Å². The van der Waals surface area contributed by atoms with Crippen LogP contribution in [0.4, 0.5) is 18.9 Å². The van der Waals surface area contributed by atoms with Crippen molar-refractivity contribution in [3.8, 4) is 0 Å². The summed E-state index contributed by atoms with van der Waals surface area (Å²) in [7, 11) is 0. The topological polar surface area (TPSA) is 75.6 Å². The number of para-hydroxylation sites is 1. The third-order valence-electron chi connectivity index (χ3n) is 4.93. The van der Waals surface area contributed by atoms with Crippen molar-refractivity contribution in [2.45, 2.75) is 30.5 Å². The van der Waals surface area contributed by atoms with E-state index in [0.29, 0.717) is 5.56 Å². The number of alkyl halides is 3. The molecule has 1 aliphatic rings. The number of esters is 1. The smallest absolute Gasteiger partial charge is 0.429 e. The van der Waals surface area contributed by atoms with Crippen LogP contribution >= 0.6 is 0 Å². The Morgan fingerprint density at radius 1 is 1.11 bits per heavy atom. The molecular weight excluding hydrogens is 375 g/mol. The maximum Gasteiger partial charge on any atom is 0.429 e. The highest BCUT2D eigenvalue weighted by molar-refractivity contribution is 6.11. The average molecular weight is 393 g/mol. The Morgan fingerprint density at radius 2 is 1.71 bits per heavy atom. The van der Waals surface area contributed by atoms with E-state index in [1.54, 1.807) is 18.2 Å². The summed E-state index contributed by atoms with van der Waals surface area (Å²) < 4.78 is 47.2. The summed E-state index contributed by atoms with van der Waals surface area (Å²) in [4.78, 5) is 25.5. The first-order chi connectivity index (χ1) is 13.2. The lowest BCUT2D eigenvalue weighted by Crippen LogP contribution is -2.69. The van der Waals surface area contributed by atoms with Gasteiger partial charge in [0.2, 0.25) is 5.91 Å². The van der Waals surface area contributed by atoms with Crippen molar-refractivity contribution in [2.75, 3.05) is 11.9 Å². The summed E-state index contributed by atoms with van der Waals surface area (Å²) in [5.41, 5.74) is -6.38. The van der Waals surface area contributed by atoms with Gasteiger partial charge in [0, 0.05) is 5.69 Å². The third kappa shape index (κ3) is 2.75. The van der Waals surface area contributed by atoms with E-state index in [-0.39, 0.29) is 17.9 Å². The monoisotopic (exact) mass is 393 g/mol. The number of fused-ring (bicyclic) bond motifs is 1. The number of carbonyl (C=O) groups excluding carboxylic acids is 2. The van der Waals surface area contributed by atoms with Crippen molar-refractivity contribution in [1.82, 2.24) is 0 Å². The summed E-state index contributed by atoms with van der Waals surface area (Å²) in [5, 5.41) is 13.3. The molecule has 0 bridgehead atoms. The number of hydrogen-bond donors (Lipinski definition) is 2. The van der Waals surface area contributed by atoms with Crippen LogP contribution in [0.2, 0.25) is 0 Å². The summed E-state index contributed by atoms with van der Waals surface area (Å²) in [5.74, 6) is -3.03. The van der Waals surface area contributed by atoms with Crippen molar-refractivity contribution in [1.29, 1.82) is 0 Å². The fraction of sp³-hybridized carbons (Fsp3) is 0.300. The summed E-state index contributed by atoms with van der Waals surface area (Å²) in [6, 6.07) is 13.6. The Kier molecular flexibility index (Phi) is 4.93. The molecule has 0 aliphatic carbocycles. The molecule has 148 valence electrons. The van der Waals surface area contributed by atoms with Gasteiger partial charge in [0.1, 0.15) is 5.41 Å². The van der Waals surface area contributed by atoms with Gasteiger partial charge in [-0.3, -0.25) is 4.79 Å². The standard InChI is InChI=1S/C20H18F3NO4/c1-2-28-17(26)19(27,20(21,22)23)18(12-13-8-4-3-5-9-13)14-10-6-7-11-15(14)24-16(18)25/h3-11,27H,2,12H2,1H3,(H,24,25)/t18-,19-/m1/s1. The zero-order valence-corrected chi connectivity index (χ0v) is 14.9. The Balaban J connectivity index is 2.33. The number of nitrogens with one attached hydrogen (secondary N) is 1. The van der Waals surface area contributed by atoms with Gasteiger partial charge in [-0.05, 0) is 30.5 Å². The Bertz CT molecular complexity index is 900. The van der Waals surface area contributed by atoms with Crippen LogP contribution in [0.25, 0.3) is 0 Å². The average Bonchev–Trinajstić information content (AvgIpc) is 2.94. The summed E-state index contributed by atoms with van der Waals surface area (Å²) in [6.45, 7) is 0.934. The number of ether oxygens (including phenoxy) is 1. The molecule has 0 aromatic heterocycles. The van der Waals surface area contributed by atoms with Gasteiger partial charge in [0.05, 0.1) is 6.61 Å². The molecule has 2 aromatic carbocycles. The number of rotatable bonds is 5. The second-order valence-electron chi connectivity index (χ2n) is 6.50. The largest absolute Gasteiger partial charge is 0.464 e. The zero-order chi connectivity index (χ0) is 20.6. The van der Waals surface area contributed by atoms with Gasteiger partial charge in [0.25, 0.3) is 5.60 Å². The van der Waals surface area contributed by atoms with Gasteiger partial charge in [-0.1, -0.05) is 48.5 Å². The number of hydrogen-bond acceptors (Lipinski definition) is 4. The van der Waals surface area contributed by atoms with Crippen LogP contribution < -0.4 is 5.32 Å². The first-order valence-corrected chi connectivity index (χ1v) is 8.59. The molecule has 0 saturated carbocycles. The lowest BCUT2D eigenvalue weighted by Gasteiger charge is -2.42. The lowest BCUT2D eigenvalue weighted by atomic mass is 9.63. The fourth-order valence-electron chi connectivity index (χ4n) is 3.65. The van der Waals surface area contributed by atoms with Crippen LogP contribution in [0.3, 0.4) is 0 Å². The van der Waals surface area contributed by atoms with E-state index in [1.807, 2.05) is 0 Å². The Hall–Kier alpha value is -2.87. The molecule has 0 saturated heterocycles. The highest BCUT2D eigenvalue weighted by Gasteiger charge is 2.77. The van der Waals surface area contributed by atoms with E-state index in [9.17, 15) is 27.9 Å². The molecule has 0 radical (unpaired) electrons.